The van der Waals surface area contributed by atoms with Crippen LogP contribution in [0.5, 0.6) is 0 Å². The zero-order chi connectivity index (χ0) is 13.2. The molecule has 1 N–H and O–H groups in total. The number of thiazole rings is 1. The molecule has 0 aliphatic rings. The molecule has 0 fully saturated rings. The Kier molecular flexibility index (Phi) is 3.29. The third kappa shape index (κ3) is 2.26. The highest BCUT2D eigenvalue weighted by atomic mass is 32.1. The van der Waals surface area contributed by atoms with Crippen molar-refractivity contribution in [3.05, 3.63) is 29.8 Å². The molecular formula is C14H16N4S. The van der Waals surface area contributed by atoms with Gasteiger partial charge in [-0.05, 0) is 12.5 Å². The quantitative estimate of drug-likeness (QED) is 0.781. The maximum atomic E-state index is 4.55. The monoisotopic (exact) mass is 272 g/mol. The largest absolute Gasteiger partial charge is 0.346 e. The van der Waals surface area contributed by atoms with Crippen molar-refractivity contribution in [2.75, 3.05) is 0 Å². The number of aromatic nitrogens is 4. The molecule has 0 aliphatic heterocycles. The lowest BCUT2D eigenvalue weighted by molar-refractivity contribution is 0.660. The average molecular weight is 272 g/mol. The van der Waals surface area contributed by atoms with Crippen LogP contribution in [0.25, 0.3) is 21.6 Å². The molecule has 3 aromatic rings. The Bertz CT molecular complexity index is 685. The summed E-state index contributed by atoms with van der Waals surface area (Å²) in [6, 6.07) is 2.01. The number of H-pyrrole nitrogens is 1. The van der Waals surface area contributed by atoms with Crippen LogP contribution < -0.4 is 0 Å². The van der Waals surface area contributed by atoms with E-state index in [1.165, 1.54) is 17.8 Å². The molecule has 0 bridgehead atoms. The highest BCUT2D eigenvalue weighted by Crippen LogP contribution is 2.33. The fourth-order valence-electron chi connectivity index (χ4n) is 2.25. The third-order valence-corrected chi connectivity index (χ3v) is 4.49. The molecule has 98 valence electrons. The summed E-state index contributed by atoms with van der Waals surface area (Å²) in [5.74, 6) is 0.521. The van der Waals surface area contributed by atoms with Gasteiger partial charge in [-0.3, -0.25) is 0 Å². The Hall–Kier alpha value is -1.75. The summed E-state index contributed by atoms with van der Waals surface area (Å²) in [6.07, 6.45) is 7.79. The van der Waals surface area contributed by atoms with Gasteiger partial charge in [-0.1, -0.05) is 20.3 Å². The Morgan fingerprint density at radius 2 is 2.21 bits per heavy atom. The minimum atomic E-state index is 0.521. The van der Waals surface area contributed by atoms with Gasteiger partial charge < -0.3 is 4.98 Å². The molecule has 3 heterocycles. The molecule has 3 rings (SSSR count). The van der Waals surface area contributed by atoms with Gasteiger partial charge in [-0.25, -0.2) is 15.0 Å². The summed E-state index contributed by atoms with van der Waals surface area (Å²) in [5, 5.41) is 2.25. The number of hydrogen-bond donors (Lipinski definition) is 1. The average Bonchev–Trinajstić information content (AvgIpc) is 3.07. The van der Waals surface area contributed by atoms with E-state index in [1.54, 1.807) is 17.7 Å². The number of aromatic amines is 1. The predicted molar refractivity (Wildman–Crippen MR) is 78.3 cm³/mol. The fourth-order valence-corrected chi connectivity index (χ4v) is 3.26. The minimum absolute atomic E-state index is 0.521. The van der Waals surface area contributed by atoms with Crippen LogP contribution in [0.15, 0.2) is 24.8 Å². The van der Waals surface area contributed by atoms with Crippen LogP contribution in [0.1, 0.15) is 37.6 Å². The summed E-state index contributed by atoms with van der Waals surface area (Å²) in [6.45, 7) is 4.44. The lowest BCUT2D eigenvalue weighted by Crippen LogP contribution is -1.90. The van der Waals surface area contributed by atoms with Gasteiger partial charge >= 0.3 is 0 Å². The maximum Gasteiger partial charge on any atom is 0.141 e. The minimum Gasteiger partial charge on any atom is -0.346 e. The highest BCUT2D eigenvalue weighted by molar-refractivity contribution is 7.15. The lowest BCUT2D eigenvalue weighted by Gasteiger charge is -2.04. The van der Waals surface area contributed by atoms with Crippen molar-refractivity contribution < 1.29 is 0 Å². The second kappa shape index (κ2) is 5.09. The maximum absolute atomic E-state index is 4.55. The van der Waals surface area contributed by atoms with E-state index in [-0.39, 0.29) is 0 Å². The summed E-state index contributed by atoms with van der Waals surface area (Å²) < 4.78 is 0. The first kappa shape index (κ1) is 12.3. The number of rotatable bonds is 4. The molecular weight excluding hydrogens is 256 g/mol. The first-order valence-electron chi connectivity index (χ1n) is 6.53. The van der Waals surface area contributed by atoms with E-state index in [4.69, 9.17) is 0 Å². The van der Waals surface area contributed by atoms with Gasteiger partial charge in [-0.2, -0.15) is 0 Å². The fraction of sp³-hybridized carbons (Fsp3) is 0.357. The van der Waals surface area contributed by atoms with Gasteiger partial charge in [0.2, 0.25) is 0 Å². The molecule has 0 saturated carbocycles. The molecule has 0 aromatic carbocycles. The van der Waals surface area contributed by atoms with Gasteiger partial charge in [0, 0.05) is 23.7 Å². The smallest absolute Gasteiger partial charge is 0.141 e. The highest BCUT2D eigenvalue weighted by Gasteiger charge is 2.13. The normalized spacial score (nSPS) is 12.9. The topological polar surface area (TPSA) is 54.5 Å². The zero-order valence-electron chi connectivity index (χ0n) is 11.1. The van der Waals surface area contributed by atoms with Gasteiger partial charge in [-0.15, -0.1) is 11.3 Å². The zero-order valence-corrected chi connectivity index (χ0v) is 11.9. The molecule has 3 aromatic heterocycles. The van der Waals surface area contributed by atoms with E-state index < -0.39 is 0 Å². The van der Waals surface area contributed by atoms with Crippen molar-refractivity contribution in [3.8, 4) is 10.6 Å². The molecule has 1 atom stereocenters. The molecule has 4 nitrogen and oxygen atoms in total. The SMILES string of the molecule is CCC[C@@H](C)c1ncc(-c2ncnc3[nH]ccc23)s1. The van der Waals surface area contributed by atoms with E-state index >= 15 is 0 Å². The number of nitrogens with zero attached hydrogens (tertiary/aromatic N) is 3. The number of fused-ring (bicyclic) bond motifs is 1. The molecule has 5 heteroatoms. The van der Waals surface area contributed by atoms with E-state index in [9.17, 15) is 0 Å². The van der Waals surface area contributed by atoms with E-state index in [2.05, 4.69) is 33.8 Å². The number of hydrogen-bond acceptors (Lipinski definition) is 4. The van der Waals surface area contributed by atoms with Crippen LogP contribution in [0, 0.1) is 0 Å². The van der Waals surface area contributed by atoms with Crippen molar-refractivity contribution in [2.45, 2.75) is 32.6 Å². The van der Waals surface area contributed by atoms with Crippen molar-refractivity contribution >= 4 is 22.4 Å². The summed E-state index contributed by atoms with van der Waals surface area (Å²) in [5.41, 5.74) is 1.85. The second-order valence-corrected chi connectivity index (χ2v) is 5.78. The van der Waals surface area contributed by atoms with Crippen LogP contribution in [0.2, 0.25) is 0 Å². The van der Waals surface area contributed by atoms with Crippen molar-refractivity contribution in [3.63, 3.8) is 0 Å². The van der Waals surface area contributed by atoms with Crippen LogP contribution in [0.3, 0.4) is 0 Å². The van der Waals surface area contributed by atoms with E-state index in [0.717, 1.165) is 21.6 Å². The molecule has 0 aliphatic carbocycles. The first-order valence-corrected chi connectivity index (χ1v) is 7.35. The molecule has 0 spiro atoms. The van der Waals surface area contributed by atoms with Gasteiger partial charge in [0.25, 0.3) is 0 Å². The molecule has 0 saturated heterocycles. The van der Waals surface area contributed by atoms with Crippen molar-refractivity contribution in [1.82, 2.24) is 19.9 Å². The Balaban J connectivity index is 2.00. The molecule has 0 unspecified atom stereocenters. The second-order valence-electron chi connectivity index (χ2n) is 4.71. The van der Waals surface area contributed by atoms with Crippen LogP contribution in [0.4, 0.5) is 0 Å². The van der Waals surface area contributed by atoms with Gasteiger partial charge in [0.1, 0.15) is 12.0 Å². The summed E-state index contributed by atoms with van der Waals surface area (Å²) in [7, 11) is 0. The molecule has 19 heavy (non-hydrogen) atoms. The van der Waals surface area contributed by atoms with Gasteiger partial charge in [0.05, 0.1) is 15.6 Å². The van der Waals surface area contributed by atoms with E-state index in [1.807, 2.05) is 18.5 Å². The van der Waals surface area contributed by atoms with Crippen molar-refractivity contribution in [1.29, 1.82) is 0 Å². The molecule has 0 amide bonds. The first-order chi connectivity index (χ1) is 9.29. The Labute approximate surface area is 116 Å². The summed E-state index contributed by atoms with van der Waals surface area (Å²) >= 11 is 1.74. The van der Waals surface area contributed by atoms with E-state index in [0.29, 0.717) is 5.92 Å². The van der Waals surface area contributed by atoms with Crippen LogP contribution in [-0.4, -0.2) is 19.9 Å². The van der Waals surface area contributed by atoms with Crippen LogP contribution in [-0.2, 0) is 0 Å². The van der Waals surface area contributed by atoms with Gasteiger partial charge in [0.15, 0.2) is 0 Å². The Morgan fingerprint density at radius 1 is 1.32 bits per heavy atom. The Morgan fingerprint density at radius 3 is 3.05 bits per heavy atom. The summed E-state index contributed by atoms with van der Waals surface area (Å²) in [4.78, 5) is 17.4. The van der Waals surface area contributed by atoms with Crippen molar-refractivity contribution in [2.24, 2.45) is 0 Å². The predicted octanol–water partition coefficient (Wildman–Crippen LogP) is 3.99. The van der Waals surface area contributed by atoms with Crippen LogP contribution >= 0.6 is 11.3 Å². The lowest BCUT2D eigenvalue weighted by atomic mass is 10.1. The number of nitrogens with one attached hydrogen (secondary N) is 1. The third-order valence-electron chi connectivity index (χ3n) is 3.25. The standard InChI is InChI=1S/C14H16N4S/c1-3-4-9(2)14-16-7-11(19-14)12-10-5-6-15-13(10)18-8-17-12/h5-9H,3-4H2,1-2H3,(H,15,17,18)/t9-/m1/s1. The molecule has 0 radical (unpaired) electrons.